The van der Waals surface area contributed by atoms with Gasteiger partial charge in [-0.1, -0.05) is 22.0 Å². The number of ether oxygens (including phenoxy) is 1. The van der Waals surface area contributed by atoms with Crippen molar-refractivity contribution in [2.75, 3.05) is 0 Å². The van der Waals surface area contributed by atoms with Gasteiger partial charge in [-0.3, -0.25) is 0 Å². The van der Waals surface area contributed by atoms with Gasteiger partial charge in [-0.05, 0) is 55.3 Å². The number of aryl methyl sites for hydroxylation is 1. The van der Waals surface area contributed by atoms with E-state index in [1.54, 1.807) is 6.07 Å². The highest BCUT2D eigenvalue weighted by molar-refractivity contribution is 9.10. The predicted octanol–water partition coefficient (Wildman–Crippen LogP) is 4.50. The molecule has 2 N–H and O–H groups in total. The Kier molecular flexibility index (Phi) is 4.78. The molecule has 0 bridgehead atoms. The molecule has 2 rings (SSSR count). The third kappa shape index (κ3) is 3.58. The number of benzene rings is 2. The lowest BCUT2D eigenvalue weighted by Crippen LogP contribution is -2.08. The van der Waals surface area contributed by atoms with Gasteiger partial charge >= 0.3 is 0 Å². The van der Waals surface area contributed by atoms with Gasteiger partial charge in [0.2, 0.25) is 0 Å². The molecular formula is C16H17BrFNO. The molecule has 0 amide bonds. The van der Waals surface area contributed by atoms with Crippen molar-refractivity contribution in [3.05, 3.63) is 63.4 Å². The van der Waals surface area contributed by atoms with Gasteiger partial charge in [0.25, 0.3) is 0 Å². The van der Waals surface area contributed by atoms with Gasteiger partial charge in [0.05, 0.1) is 0 Å². The summed E-state index contributed by atoms with van der Waals surface area (Å²) >= 11 is 3.43. The molecule has 0 fully saturated rings. The third-order valence-electron chi connectivity index (χ3n) is 3.15. The van der Waals surface area contributed by atoms with Crippen molar-refractivity contribution >= 4 is 15.9 Å². The van der Waals surface area contributed by atoms with Gasteiger partial charge in [0.15, 0.2) is 0 Å². The number of hydrogen-bond acceptors (Lipinski definition) is 2. The van der Waals surface area contributed by atoms with Gasteiger partial charge < -0.3 is 10.5 Å². The van der Waals surface area contributed by atoms with Crippen molar-refractivity contribution in [3.8, 4) is 5.75 Å². The topological polar surface area (TPSA) is 35.2 Å². The van der Waals surface area contributed by atoms with Crippen LogP contribution in [0.25, 0.3) is 0 Å². The van der Waals surface area contributed by atoms with Gasteiger partial charge in [-0.15, -0.1) is 0 Å². The second-order valence-electron chi connectivity index (χ2n) is 4.83. The lowest BCUT2D eigenvalue weighted by Gasteiger charge is -2.15. The number of hydrogen-bond donors (Lipinski definition) is 1. The van der Waals surface area contributed by atoms with E-state index in [0.29, 0.717) is 6.61 Å². The molecule has 20 heavy (non-hydrogen) atoms. The second kappa shape index (κ2) is 6.37. The van der Waals surface area contributed by atoms with E-state index in [4.69, 9.17) is 10.5 Å². The van der Waals surface area contributed by atoms with Crippen LogP contribution >= 0.6 is 15.9 Å². The zero-order chi connectivity index (χ0) is 14.7. The van der Waals surface area contributed by atoms with Crippen LogP contribution in [0.4, 0.5) is 4.39 Å². The molecular weight excluding hydrogens is 321 g/mol. The van der Waals surface area contributed by atoms with Crippen LogP contribution in [-0.2, 0) is 6.61 Å². The van der Waals surface area contributed by atoms with Crippen molar-refractivity contribution in [1.82, 2.24) is 0 Å². The lowest BCUT2D eigenvalue weighted by atomic mass is 10.1. The molecule has 0 aliphatic rings. The monoisotopic (exact) mass is 337 g/mol. The van der Waals surface area contributed by atoms with Crippen LogP contribution in [0.15, 0.2) is 40.9 Å². The normalized spacial score (nSPS) is 12.2. The van der Waals surface area contributed by atoms with Gasteiger partial charge in [0.1, 0.15) is 18.2 Å². The zero-order valence-electron chi connectivity index (χ0n) is 11.5. The summed E-state index contributed by atoms with van der Waals surface area (Å²) in [5.41, 5.74) is 8.74. The summed E-state index contributed by atoms with van der Waals surface area (Å²) in [4.78, 5) is 0. The van der Waals surface area contributed by atoms with Crippen LogP contribution in [0.2, 0.25) is 0 Å². The highest BCUT2D eigenvalue weighted by Gasteiger charge is 2.10. The standard InChI is InChI=1S/C16H17BrFNO/c1-10-7-14(18)5-3-12(10)9-20-16-6-4-13(17)8-15(16)11(2)19/h3-8,11H,9,19H2,1-2H3/t11-/m0/s1. The summed E-state index contributed by atoms with van der Waals surface area (Å²) in [7, 11) is 0. The van der Waals surface area contributed by atoms with Gasteiger partial charge in [0, 0.05) is 16.1 Å². The SMILES string of the molecule is Cc1cc(F)ccc1COc1ccc(Br)cc1[C@H](C)N. The van der Waals surface area contributed by atoms with Crippen molar-refractivity contribution in [3.63, 3.8) is 0 Å². The maximum absolute atomic E-state index is 13.1. The molecule has 0 radical (unpaired) electrons. The maximum atomic E-state index is 13.1. The first-order valence-electron chi connectivity index (χ1n) is 6.40. The molecule has 0 aliphatic heterocycles. The van der Waals surface area contributed by atoms with E-state index >= 15 is 0 Å². The summed E-state index contributed by atoms with van der Waals surface area (Å²) in [6, 6.07) is 10.3. The molecule has 0 aromatic heterocycles. The average Bonchev–Trinajstić information content (AvgIpc) is 2.38. The fourth-order valence-corrected chi connectivity index (χ4v) is 2.36. The summed E-state index contributed by atoms with van der Waals surface area (Å²) in [6.45, 7) is 4.18. The molecule has 106 valence electrons. The van der Waals surface area contributed by atoms with Crippen LogP contribution < -0.4 is 10.5 Å². The highest BCUT2D eigenvalue weighted by Crippen LogP contribution is 2.28. The number of rotatable bonds is 4. The Morgan fingerprint density at radius 1 is 1.25 bits per heavy atom. The van der Waals surface area contributed by atoms with Gasteiger partial charge in [-0.2, -0.15) is 0 Å². The Hall–Kier alpha value is -1.39. The van der Waals surface area contributed by atoms with Gasteiger partial charge in [-0.25, -0.2) is 4.39 Å². The van der Waals surface area contributed by atoms with Crippen LogP contribution in [0.3, 0.4) is 0 Å². The van der Waals surface area contributed by atoms with E-state index in [2.05, 4.69) is 15.9 Å². The van der Waals surface area contributed by atoms with Crippen LogP contribution in [0.5, 0.6) is 5.75 Å². The van der Waals surface area contributed by atoms with E-state index < -0.39 is 0 Å². The Labute approximate surface area is 126 Å². The predicted molar refractivity (Wildman–Crippen MR) is 82.2 cm³/mol. The molecule has 2 aromatic rings. The number of nitrogens with two attached hydrogens (primary N) is 1. The molecule has 2 nitrogen and oxygen atoms in total. The fraction of sp³-hybridized carbons (Fsp3) is 0.250. The van der Waals surface area contributed by atoms with Crippen molar-refractivity contribution < 1.29 is 9.13 Å². The van der Waals surface area contributed by atoms with Crippen molar-refractivity contribution in [2.24, 2.45) is 5.73 Å². The summed E-state index contributed by atoms with van der Waals surface area (Å²) in [5.74, 6) is 0.526. The van der Waals surface area contributed by atoms with E-state index in [-0.39, 0.29) is 11.9 Å². The Morgan fingerprint density at radius 3 is 2.65 bits per heavy atom. The quantitative estimate of drug-likeness (QED) is 0.891. The highest BCUT2D eigenvalue weighted by atomic mass is 79.9. The first kappa shape index (κ1) is 15.0. The lowest BCUT2D eigenvalue weighted by molar-refractivity contribution is 0.300. The first-order valence-corrected chi connectivity index (χ1v) is 7.19. The van der Waals surface area contributed by atoms with Crippen LogP contribution in [0, 0.1) is 12.7 Å². The van der Waals surface area contributed by atoms with E-state index in [1.807, 2.05) is 32.0 Å². The smallest absolute Gasteiger partial charge is 0.124 e. The minimum atomic E-state index is -0.230. The summed E-state index contributed by atoms with van der Waals surface area (Å²) in [6.07, 6.45) is 0. The van der Waals surface area contributed by atoms with E-state index in [0.717, 1.165) is 26.9 Å². The maximum Gasteiger partial charge on any atom is 0.124 e. The van der Waals surface area contributed by atoms with Crippen LogP contribution in [0.1, 0.15) is 29.7 Å². The van der Waals surface area contributed by atoms with E-state index in [9.17, 15) is 4.39 Å². The largest absolute Gasteiger partial charge is 0.489 e. The average molecular weight is 338 g/mol. The Balaban J connectivity index is 2.18. The molecule has 0 aliphatic carbocycles. The van der Waals surface area contributed by atoms with E-state index in [1.165, 1.54) is 12.1 Å². The van der Waals surface area contributed by atoms with Crippen molar-refractivity contribution in [1.29, 1.82) is 0 Å². The molecule has 0 saturated carbocycles. The Morgan fingerprint density at radius 2 is 2.00 bits per heavy atom. The molecule has 0 heterocycles. The molecule has 0 saturated heterocycles. The zero-order valence-corrected chi connectivity index (χ0v) is 13.1. The first-order chi connectivity index (χ1) is 9.47. The molecule has 2 aromatic carbocycles. The second-order valence-corrected chi connectivity index (χ2v) is 5.75. The summed E-state index contributed by atoms with van der Waals surface area (Å²) < 4.78 is 19.9. The molecule has 1 atom stereocenters. The van der Waals surface area contributed by atoms with Crippen LogP contribution in [-0.4, -0.2) is 0 Å². The number of halogens is 2. The molecule has 4 heteroatoms. The Bertz CT molecular complexity index is 613. The fourth-order valence-electron chi connectivity index (χ4n) is 1.98. The minimum absolute atomic E-state index is 0.114. The molecule has 0 spiro atoms. The third-order valence-corrected chi connectivity index (χ3v) is 3.64. The summed E-state index contributed by atoms with van der Waals surface area (Å²) in [5, 5.41) is 0. The van der Waals surface area contributed by atoms with Crippen molar-refractivity contribution in [2.45, 2.75) is 26.5 Å². The minimum Gasteiger partial charge on any atom is -0.489 e. The molecule has 0 unspecified atom stereocenters.